The highest BCUT2D eigenvalue weighted by Gasteiger charge is 2.24. The van der Waals surface area contributed by atoms with Crippen molar-refractivity contribution in [3.05, 3.63) is 76.0 Å². The number of fused-ring (bicyclic) bond motifs is 1. The molecule has 3 aromatic rings. The van der Waals surface area contributed by atoms with Crippen LogP contribution >= 0.6 is 15.9 Å². The van der Waals surface area contributed by atoms with Crippen LogP contribution in [0.2, 0.25) is 0 Å². The molecule has 1 aliphatic rings. The van der Waals surface area contributed by atoms with Crippen molar-refractivity contribution in [1.29, 1.82) is 0 Å². The van der Waals surface area contributed by atoms with Crippen molar-refractivity contribution in [1.82, 2.24) is 20.2 Å². The molecule has 0 aliphatic carbocycles. The fraction of sp³-hybridized carbons (Fsp3) is 0.0625. The molecule has 23 heavy (non-hydrogen) atoms. The Hall–Kier alpha value is -2.54. The van der Waals surface area contributed by atoms with Gasteiger partial charge in [0.05, 0.1) is 0 Å². The highest BCUT2D eigenvalue weighted by atomic mass is 79.9. The van der Waals surface area contributed by atoms with E-state index in [0.717, 1.165) is 21.3 Å². The lowest BCUT2D eigenvalue weighted by Crippen LogP contribution is -2.20. The SMILES string of the molecule is Fc1ccc(C2=CC(c3ccc(Br)cc3)n3nnnc3N2)cc1. The first-order valence-electron chi connectivity index (χ1n) is 6.99. The maximum absolute atomic E-state index is 13.1. The zero-order chi connectivity index (χ0) is 15.8. The van der Waals surface area contributed by atoms with Crippen molar-refractivity contribution < 1.29 is 4.39 Å². The molecule has 0 bridgehead atoms. The highest BCUT2D eigenvalue weighted by molar-refractivity contribution is 9.10. The predicted octanol–water partition coefficient (Wildman–Crippen LogP) is 3.63. The minimum atomic E-state index is -0.264. The molecule has 4 rings (SSSR count). The Kier molecular flexibility index (Phi) is 3.42. The third-order valence-electron chi connectivity index (χ3n) is 3.69. The number of nitrogens with one attached hydrogen (secondary N) is 1. The summed E-state index contributed by atoms with van der Waals surface area (Å²) in [6, 6.07) is 14.2. The molecule has 0 saturated carbocycles. The minimum absolute atomic E-state index is 0.130. The van der Waals surface area contributed by atoms with E-state index in [2.05, 4.69) is 36.8 Å². The second kappa shape index (κ2) is 5.58. The lowest BCUT2D eigenvalue weighted by atomic mass is 10.0. The first-order chi connectivity index (χ1) is 11.2. The first kappa shape index (κ1) is 14.1. The number of halogens is 2. The van der Waals surface area contributed by atoms with Gasteiger partial charge in [0, 0.05) is 10.2 Å². The maximum Gasteiger partial charge on any atom is 0.248 e. The molecule has 5 nitrogen and oxygen atoms in total. The van der Waals surface area contributed by atoms with E-state index in [1.165, 1.54) is 12.1 Å². The average Bonchev–Trinajstić information content (AvgIpc) is 3.04. The zero-order valence-corrected chi connectivity index (χ0v) is 13.4. The summed E-state index contributed by atoms with van der Waals surface area (Å²) in [5.41, 5.74) is 2.78. The van der Waals surface area contributed by atoms with Crippen LogP contribution in [0.5, 0.6) is 0 Å². The topological polar surface area (TPSA) is 55.6 Å². The van der Waals surface area contributed by atoms with E-state index in [1.54, 1.807) is 16.8 Å². The molecule has 2 heterocycles. The monoisotopic (exact) mass is 371 g/mol. The number of allylic oxidation sites excluding steroid dienone is 1. The van der Waals surface area contributed by atoms with Gasteiger partial charge in [-0.1, -0.05) is 33.2 Å². The van der Waals surface area contributed by atoms with E-state index >= 15 is 0 Å². The van der Waals surface area contributed by atoms with Gasteiger partial charge in [-0.25, -0.2) is 4.39 Å². The number of rotatable bonds is 2. The fourth-order valence-corrected chi connectivity index (χ4v) is 2.81. The molecular weight excluding hydrogens is 361 g/mol. The molecule has 1 aromatic heterocycles. The normalized spacial score (nSPS) is 16.4. The lowest BCUT2D eigenvalue weighted by molar-refractivity contribution is 0.585. The Morgan fingerprint density at radius 3 is 2.52 bits per heavy atom. The molecule has 114 valence electrons. The molecule has 0 amide bonds. The Balaban J connectivity index is 1.79. The van der Waals surface area contributed by atoms with Crippen LogP contribution in [0.3, 0.4) is 0 Å². The molecule has 1 atom stereocenters. The van der Waals surface area contributed by atoms with Gasteiger partial charge in [0.1, 0.15) is 11.9 Å². The predicted molar refractivity (Wildman–Crippen MR) is 88.1 cm³/mol. The largest absolute Gasteiger partial charge is 0.323 e. The second-order valence-corrected chi connectivity index (χ2v) is 6.07. The van der Waals surface area contributed by atoms with E-state index in [4.69, 9.17) is 0 Å². The number of anilines is 1. The number of benzene rings is 2. The van der Waals surface area contributed by atoms with E-state index in [-0.39, 0.29) is 11.9 Å². The molecule has 0 fully saturated rings. The van der Waals surface area contributed by atoms with Gasteiger partial charge in [-0.2, -0.15) is 4.68 Å². The van der Waals surface area contributed by atoms with Crippen molar-refractivity contribution in [2.45, 2.75) is 6.04 Å². The molecule has 1 N–H and O–H groups in total. The van der Waals surface area contributed by atoms with Crippen LogP contribution in [0.25, 0.3) is 5.70 Å². The van der Waals surface area contributed by atoms with Crippen molar-refractivity contribution in [2.75, 3.05) is 5.32 Å². The number of nitrogens with zero attached hydrogens (tertiary/aromatic N) is 4. The molecule has 1 aliphatic heterocycles. The van der Waals surface area contributed by atoms with Crippen molar-refractivity contribution in [3.8, 4) is 0 Å². The quantitative estimate of drug-likeness (QED) is 0.747. The number of tetrazole rings is 1. The molecule has 0 radical (unpaired) electrons. The lowest BCUT2D eigenvalue weighted by Gasteiger charge is -2.23. The summed E-state index contributed by atoms with van der Waals surface area (Å²) in [5.74, 6) is 0.291. The third-order valence-corrected chi connectivity index (χ3v) is 4.22. The fourth-order valence-electron chi connectivity index (χ4n) is 2.55. The summed E-state index contributed by atoms with van der Waals surface area (Å²) in [7, 11) is 0. The van der Waals surface area contributed by atoms with Gasteiger partial charge in [0.15, 0.2) is 0 Å². The Morgan fingerprint density at radius 1 is 1.04 bits per heavy atom. The van der Waals surface area contributed by atoms with Gasteiger partial charge in [0.2, 0.25) is 5.95 Å². The average molecular weight is 372 g/mol. The van der Waals surface area contributed by atoms with Crippen molar-refractivity contribution in [2.24, 2.45) is 0 Å². The van der Waals surface area contributed by atoms with Crippen LogP contribution in [-0.2, 0) is 0 Å². The van der Waals surface area contributed by atoms with Gasteiger partial charge in [-0.3, -0.25) is 0 Å². The van der Waals surface area contributed by atoms with Gasteiger partial charge in [-0.05, 0) is 64.0 Å². The number of hydrogen-bond acceptors (Lipinski definition) is 4. The second-order valence-electron chi connectivity index (χ2n) is 5.16. The maximum atomic E-state index is 13.1. The van der Waals surface area contributed by atoms with Gasteiger partial charge in [-0.15, -0.1) is 0 Å². The summed E-state index contributed by atoms with van der Waals surface area (Å²) in [4.78, 5) is 0. The highest BCUT2D eigenvalue weighted by Crippen LogP contribution is 2.31. The molecule has 2 aromatic carbocycles. The van der Waals surface area contributed by atoms with Crippen molar-refractivity contribution >= 4 is 27.6 Å². The summed E-state index contributed by atoms with van der Waals surface area (Å²) < 4.78 is 15.9. The smallest absolute Gasteiger partial charge is 0.248 e. The van der Waals surface area contributed by atoms with E-state index in [1.807, 2.05) is 30.3 Å². The van der Waals surface area contributed by atoms with Crippen molar-refractivity contribution in [3.63, 3.8) is 0 Å². The number of hydrogen-bond donors (Lipinski definition) is 1. The molecule has 1 unspecified atom stereocenters. The molecular formula is C16H11BrFN5. The minimum Gasteiger partial charge on any atom is -0.323 e. The Morgan fingerprint density at radius 2 is 1.78 bits per heavy atom. The Bertz CT molecular complexity index is 870. The van der Waals surface area contributed by atoms with Crippen LogP contribution in [0, 0.1) is 5.82 Å². The zero-order valence-electron chi connectivity index (χ0n) is 11.8. The van der Waals surface area contributed by atoms with Gasteiger partial charge in [0.25, 0.3) is 0 Å². The van der Waals surface area contributed by atoms with Gasteiger partial charge >= 0.3 is 0 Å². The van der Waals surface area contributed by atoms with E-state index < -0.39 is 0 Å². The third kappa shape index (κ3) is 2.63. The van der Waals surface area contributed by atoms with E-state index in [9.17, 15) is 4.39 Å². The van der Waals surface area contributed by atoms with Crippen LogP contribution < -0.4 is 5.32 Å². The van der Waals surface area contributed by atoms with Crippen LogP contribution in [0.15, 0.2) is 59.1 Å². The van der Waals surface area contributed by atoms with Crippen LogP contribution in [-0.4, -0.2) is 20.2 Å². The molecule has 7 heteroatoms. The standard InChI is InChI=1S/C16H11BrFN5/c17-12-5-1-11(2-6-12)15-9-14(10-3-7-13(18)8-4-10)19-16-20-21-22-23(15)16/h1-9,15H,(H,19,20,22). The number of aromatic nitrogens is 4. The van der Waals surface area contributed by atoms with E-state index in [0.29, 0.717) is 5.95 Å². The van der Waals surface area contributed by atoms with Gasteiger partial charge < -0.3 is 5.32 Å². The summed E-state index contributed by atoms with van der Waals surface area (Å²) in [5, 5.41) is 15.0. The Labute approximate surface area is 140 Å². The molecule has 0 spiro atoms. The van der Waals surface area contributed by atoms with Crippen LogP contribution in [0.4, 0.5) is 10.3 Å². The molecule has 0 saturated heterocycles. The first-order valence-corrected chi connectivity index (χ1v) is 7.78. The summed E-state index contributed by atoms with van der Waals surface area (Å²) >= 11 is 3.44. The summed E-state index contributed by atoms with van der Waals surface area (Å²) in [6.45, 7) is 0. The summed E-state index contributed by atoms with van der Waals surface area (Å²) in [6.07, 6.45) is 2.03. The van der Waals surface area contributed by atoms with Crippen LogP contribution in [0.1, 0.15) is 17.2 Å².